The van der Waals surface area contributed by atoms with Gasteiger partial charge in [-0.15, -0.1) is 0 Å². The summed E-state index contributed by atoms with van der Waals surface area (Å²) in [7, 11) is 2.19. The third kappa shape index (κ3) is 2.99. The second kappa shape index (κ2) is 7.69. The number of nitrogens with two attached hydrogens (primary N) is 1. The SMILES string of the molecule is CN1CC[C@]23c4c5ccc(O)c4O[C@H]2[C@@H](O)C=C[C@H]3[C@H]1C5.NCCc1ccc(O)c(O)c1. The van der Waals surface area contributed by atoms with Gasteiger partial charge in [0, 0.05) is 22.9 Å². The zero-order valence-corrected chi connectivity index (χ0v) is 18.1. The Morgan fingerprint density at radius 2 is 1.88 bits per heavy atom. The number of rotatable bonds is 2. The Hall–Kier alpha value is -2.74. The van der Waals surface area contributed by atoms with Crippen molar-refractivity contribution >= 4 is 0 Å². The van der Waals surface area contributed by atoms with Crippen molar-refractivity contribution in [1.82, 2.24) is 4.90 Å². The largest absolute Gasteiger partial charge is 0.504 e. The van der Waals surface area contributed by atoms with Crippen LogP contribution in [0.1, 0.15) is 23.1 Å². The number of aliphatic hydroxyl groups excluding tert-OH is 1. The van der Waals surface area contributed by atoms with Crippen LogP contribution in [0.5, 0.6) is 23.0 Å². The van der Waals surface area contributed by atoms with E-state index >= 15 is 0 Å². The van der Waals surface area contributed by atoms with E-state index in [9.17, 15) is 10.2 Å². The van der Waals surface area contributed by atoms with Crippen LogP contribution in [0.3, 0.4) is 0 Å². The van der Waals surface area contributed by atoms with E-state index in [2.05, 4.69) is 18.0 Å². The molecule has 4 aliphatic rings. The Bertz CT molecular complexity index is 1070. The summed E-state index contributed by atoms with van der Waals surface area (Å²) in [5.74, 6) is 1.01. The first-order chi connectivity index (χ1) is 15.4. The van der Waals surface area contributed by atoms with Gasteiger partial charge in [0.05, 0.1) is 0 Å². The van der Waals surface area contributed by atoms with Gasteiger partial charge in [-0.1, -0.05) is 24.3 Å². The smallest absolute Gasteiger partial charge is 0.165 e. The predicted octanol–water partition coefficient (Wildman–Crippen LogP) is 1.80. The molecule has 32 heavy (non-hydrogen) atoms. The molecule has 6 N–H and O–H groups in total. The molecule has 1 spiro atoms. The highest BCUT2D eigenvalue weighted by atomic mass is 16.5. The number of hydrogen-bond donors (Lipinski definition) is 5. The Morgan fingerprint density at radius 1 is 1.09 bits per heavy atom. The molecule has 2 aromatic rings. The van der Waals surface area contributed by atoms with Crippen LogP contribution in [-0.4, -0.2) is 63.7 Å². The number of hydrogen-bond acceptors (Lipinski definition) is 7. The minimum atomic E-state index is -0.594. The molecule has 1 fully saturated rings. The number of likely N-dealkylation sites (tertiary alicyclic amines) is 1. The number of aliphatic hydroxyl groups is 1. The zero-order valence-electron chi connectivity index (χ0n) is 18.1. The van der Waals surface area contributed by atoms with Gasteiger partial charge in [0.2, 0.25) is 0 Å². The first kappa shape index (κ1) is 21.1. The molecule has 2 heterocycles. The Morgan fingerprint density at radius 3 is 2.62 bits per heavy atom. The van der Waals surface area contributed by atoms with E-state index in [0.717, 1.165) is 24.9 Å². The first-order valence-corrected chi connectivity index (χ1v) is 11.2. The topological polar surface area (TPSA) is 119 Å². The second-order valence-corrected chi connectivity index (χ2v) is 9.29. The maximum Gasteiger partial charge on any atom is 0.165 e. The van der Waals surface area contributed by atoms with Gasteiger partial charge in [-0.3, -0.25) is 0 Å². The predicted molar refractivity (Wildman–Crippen MR) is 120 cm³/mol. The van der Waals surface area contributed by atoms with Gasteiger partial charge < -0.3 is 35.8 Å². The number of aromatic hydroxyl groups is 3. The summed E-state index contributed by atoms with van der Waals surface area (Å²) in [6.45, 7) is 1.56. The lowest BCUT2D eigenvalue weighted by atomic mass is 9.53. The molecular weight excluding hydrogens is 408 g/mol. The lowest BCUT2D eigenvalue weighted by Gasteiger charge is -2.56. The number of benzene rings is 2. The average molecular weight is 439 g/mol. The number of phenolic OH excluding ortho intramolecular Hbond substituents is 3. The molecule has 7 heteroatoms. The van der Waals surface area contributed by atoms with Gasteiger partial charge in [-0.05, 0) is 68.7 Å². The molecule has 2 aromatic carbocycles. The van der Waals surface area contributed by atoms with E-state index in [0.29, 0.717) is 30.7 Å². The number of ether oxygens (including phenoxy) is 1. The fourth-order valence-electron chi connectivity index (χ4n) is 6.13. The average Bonchev–Trinajstić information content (AvgIpc) is 3.13. The van der Waals surface area contributed by atoms with Crippen molar-refractivity contribution in [3.63, 3.8) is 0 Å². The van der Waals surface area contributed by atoms with E-state index in [-0.39, 0.29) is 28.8 Å². The van der Waals surface area contributed by atoms with Crippen molar-refractivity contribution in [3.8, 4) is 23.0 Å². The van der Waals surface area contributed by atoms with Crippen molar-refractivity contribution in [1.29, 1.82) is 0 Å². The summed E-state index contributed by atoms with van der Waals surface area (Å²) in [6, 6.07) is 8.94. The van der Waals surface area contributed by atoms with Crippen molar-refractivity contribution in [2.75, 3.05) is 20.1 Å². The summed E-state index contributed by atoms with van der Waals surface area (Å²) in [5, 5.41) is 38.6. The molecule has 2 bridgehead atoms. The lowest BCUT2D eigenvalue weighted by Crippen LogP contribution is -2.64. The van der Waals surface area contributed by atoms with Crippen molar-refractivity contribution in [2.24, 2.45) is 11.7 Å². The van der Waals surface area contributed by atoms with Gasteiger partial charge in [-0.25, -0.2) is 0 Å². The lowest BCUT2D eigenvalue weighted by molar-refractivity contribution is -0.0453. The van der Waals surface area contributed by atoms with Crippen LogP contribution < -0.4 is 10.5 Å². The number of likely N-dealkylation sites (N-methyl/N-ethyl adjacent to an activating group) is 1. The standard InChI is InChI=1S/C17H19NO3.C8H11NO2/c1-18-7-6-17-10-3-5-13(20)16(17)21-15-12(19)4-2-9(14(15)17)8-11(10)18;9-4-3-6-1-2-7(10)8(11)5-6/h2-5,10-11,13,16,19-20H,6-8H2,1H3;1-2,5,10-11H,3-4,9H2/t10-,11+,13-,16-,17-;/m0./s1. The fraction of sp³-hybridized carbons (Fsp3) is 0.440. The molecule has 0 saturated carbocycles. The highest BCUT2D eigenvalue weighted by Gasteiger charge is 2.64. The fourth-order valence-corrected chi connectivity index (χ4v) is 6.13. The Labute approximate surface area is 187 Å². The molecule has 6 rings (SSSR count). The second-order valence-electron chi connectivity index (χ2n) is 9.29. The van der Waals surface area contributed by atoms with Gasteiger partial charge in [-0.2, -0.15) is 0 Å². The molecule has 7 nitrogen and oxygen atoms in total. The van der Waals surface area contributed by atoms with Crippen molar-refractivity contribution < 1.29 is 25.2 Å². The molecule has 2 aliphatic heterocycles. The van der Waals surface area contributed by atoms with Gasteiger partial charge >= 0.3 is 0 Å². The van der Waals surface area contributed by atoms with Crippen LogP contribution in [0.2, 0.25) is 0 Å². The molecule has 1 saturated heterocycles. The quantitative estimate of drug-likeness (QED) is 0.358. The molecule has 170 valence electrons. The number of nitrogens with zero attached hydrogens (tertiary/aromatic N) is 1. The monoisotopic (exact) mass is 438 g/mol. The first-order valence-electron chi connectivity index (χ1n) is 11.2. The minimum absolute atomic E-state index is 0.0871. The van der Waals surface area contributed by atoms with Crippen LogP contribution in [0.15, 0.2) is 42.5 Å². The van der Waals surface area contributed by atoms with E-state index < -0.39 is 6.10 Å². The molecule has 0 unspecified atom stereocenters. The molecule has 5 atom stereocenters. The summed E-state index contributed by atoms with van der Waals surface area (Å²) < 4.78 is 6.09. The van der Waals surface area contributed by atoms with E-state index in [1.54, 1.807) is 12.1 Å². The third-order valence-corrected chi connectivity index (χ3v) is 7.62. The Balaban J connectivity index is 0.000000168. The Kier molecular flexibility index (Phi) is 5.08. The number of phenols is 3. The highest BCUT2D eigenvalue weighted by molar-refractivity contribution is 5.61. The summed E-state index contributed by atoms with van der Waals surface area (Å²) in [4.78, 5) is 2.43. The van der Waals surface area contributed by atoms with Gasteiger partial charge in [0.1, 0.15) is 12.2 Å². The summed E-state index contributed by atoms with van der Waals surface area (Å²) in [5.41, 5.74) is 8.53. The molecule has 0 radical (unpaired) electrons. The van der Waals surface area contributed by atoms with Crippen LogP contribution >= 0.6 is 0 Å². The summed E-state index contributed by atoms with van der Waals surface area (Å²) >= 11 is 0. The van der Waals surface area contributed by atoms with E-state index in [1.807, 2.05) is 12.1 Å². The maximum absolute atomic E-state index is 10.4. The minimum Gasteiger partial charge on any atom is -0.504 e. The molecular formula is C25H30N2O5. The summed E-state index contributed by atoms with van der Waals surface area (Å²) in [6.07, 6.45) is 5.89. The third-order valence-electron chi connectivity index (χ3n) is 7.62. The normalized spacial score (nSPS) is 31.3. The van der Waals surface area contributed by atoms with Gasteiger partial charge in [0.25, 0.3) is 0 Å². The van der Waals surface area contributed by atoms with Gasteiger partial charge in [0.15, 0.2) is 23.0 Å². The van der Waals surface area contributed by atoms with E-state index in [1.165, 1.54) is 23.3 Å². The van der Waals surface area contributed by atoms with Crippen LogP contribution in [-0.2, 0) is 18.3 Å². The highest BCUT2D eigenvalue weighted by Crippen LogP contribution is 2.62. The van der Waals surface area contributed by atoms with E-state index in [4.69, 9.17) is 20.7 Å². The number of piperidine rings is 1. The zero-order chi connectivity index (χ0) is 22.6. The van der Waals surface area contributed by atoms with Crippen molar-refractivity contribution in [3.05, 3.63) is 59.2 Å². The van der Waals surface area contributed by atoms with Crippen LogP contribution in [0.4, 0.5) is 0 Å². The van der Waals surface area contributed by atoms with Crippen LogP contribution in [0, 0.1) is 5.92 Å². The molecule has 0 aromatic heterocycles. The molecule has 2 aliphatic carbocycles. The van der Waals surface area contributed by atoms with Crippen molar-refractivity contribution in [2.45, 2.75) is 42.9 Å². The molecule has 0 amide bonds. The van der Waals surface area contributed by atoms with Crippen LogP contribution in [0.25, 0.3) is 0 Å². The maximum atomic E-state index is 10.4.